The van der Waals surface area contributed by atoms with Gasteiger partial charge in [0.1, 0.15) is 0 Å². The fourth-order valence-corrected chi connectivity index (χ4v) is 0.376. The lowest BCUT2D eigenvalue weighted by Gasteiger charge is -1.87. The van der Waals surface area contributed by atoms with Crippen LogP contribution in [-0.2, 0) is 0 Å². The first-order valence-electron chi connectivity index (χ1n) is 2.71. The molecular weight excluding hydrogens is 100 g/mol. The van der Waals surface area contributed by atoms with Gasteiger partial charge in [-0.1, -0.05) is 24.3 Å². The van der Waals surface area contributed by atoms with Crippen LogP contribution in [0.15, 0.2) is 24.3 Å². The Labute approximate surface area is 50.3 Å². The summed E-state index contributed by atoms with van der Waals surface area (Å²) in [7, 11) is 0. The monoisotopic (exact) mass is 112 g/mol. The van der Waals surface area contributed by atoms with E-state index in [4.69, 9.17) is 5.11 Å². The molecule has 0 spiro atoms. The Bertz CT molecular complexity index is 92.6. The maximum absolute atomic E-state index is 8.33. The molecule has 0 rings (SSSR count). The number of aliphatic hydroxyl groups excluding tert-OH is 1. The maximum Gasteiger partial charge on any atom is 0.0465 e. The molecule has 0 radical (unpaired) electrons. The molecule has 1 nitrogen and oxygen atoms in total. The average molecular weight is 112 g/mol. The van der Waals surface area contributed by atoms with E-state index in [0.29, 0.717) is 0 Å². The molecule has 0 aromatic rings. The zero-order chi connectivity index (χ0) is 6.41. The van der Waals surface area contributed by atoms with Gasteiger partial charge < -0.3 is 5.11 Å². The summed E-state index contributed by atoms with van der Waals surface area (Å²) in [5.41, 5.74) is 1.12. The smallest absolute Gasteiger partial charge is 0.0465 e. The van der Waals surface area contributed by atoms with Crippen LogP contribution in [0.3, 0.4) is 0 Å². The van der Waals surface area contributed by atoms with Crippen molar-refractivity contribution in [2.75, 3.05) is 6.61 Å². The molecule has 0 aliphatic heterocycles. The van der Waals surface area contributed by atoms with E-state index in [1.807, 2.05) is 13.0 Å². The Balaban J connectivity index is 3.40. The second kappa shape index (κ2) is 4.60. The molecule has 0 aliphatic carbocycles. The van der Waals surface area contributed by atoms with E-state index < -0.39 is 0 Å². The van der Waals surface area contributed by atoms with E-state index >= 15 is 0 Å². The number of hydrogen-bond acceptors (Lipinski definition) is 1. The second-order valence-electron chi connectivity index (χ2n) is 1.66. The highest BCUT2D eigenvalue weighted by Gasteiger charge is 1.76. The summed E-state index contributed by atoms with van der Waals surface area (Å²) in [6.07, 6.45) is 4.46. The van der Waals surface area contributed by atoms with Crippen molar-refractivity contribution in [3.8, 4) is 0 Å². The first-order chi connectivity index (χ1) is 3.81. The van der Waals surface area contributed by atoms with Crippen LogP contribution in [-0.4, -0.2) is 11.7 Å². The maximum atomic E-state index is 8.33. The Morgan fingerprint density at radius 3 is 2.75 bits per heavy atom. The van der Waals surface area contributed by atoms with Crippen LogP contribution in [0.2, 0.25) is 0 Å². The van der Waals surface area contributed by atoms with Crippen molar-refractivity contribution in [1.82, 2.24) is 0 Å². The zero-order valence-electron chi connectivity index (χ0n) is 5.22. The van der Waals surface area contributed by atoms with Crippen molar-refractivity contribution in [2.24, 2.45) is 0 Å². The van der Waals surface area contributed by atoms with Crippen LogP contribution >= 0.6 is 0 Å². The van der Waals surface area contributed by atoms with E-state index in [0.717, 1.165) is 12.0 Å². The summed E-state index contributed by atoms with van der Waals surface area (Å²) in [4.78, 5) is 0. The largest absolute Gasteiger partial charge is 0.396 e. The van der Waals surface area contributed by atoms with Gasteiger partial charge in [-0.05, 0) is 13.3 Å². The fraction of sp³-hybridized carbons (Fsp3) is 0.429. The van der Waals surface area contributed by atoms with E-state index in [9.17, 15) is 0 Å². The van der Waals surface area contributed by atoms with Crippen molar-refractivity contribution in [2.45, 2.75) is 13.3 Å². The average Bonchev–Trinajstić information content (AvgIpc) is 1.83. The highest BCUT2D eigenvalue weighted by molar-refractivity contribution is 5.12. The lowest BCUT2D eigenvalue weighted by molar-refractivity contribution is 0.302. The van der Waals surface area contributed by atoms with Gasteiger partial charge in [0.05, 0.1) is 0 Å². The van der Waals surface area contributed by atoms with Gasteiger partial charge in [-0.15, -0.1) is 0 Å². The highest BCUT2D eigenvalue weighted by Crippen LogP contribution is 1.93. The predicted octanol–water partition coefficient (Wildman–Crippen LogP) is 1.50. The van der Waals surface area contributed by atoms with Crippen molar-refractivity contribution in [1.29, 1.82) is 0 Å². The van der Waals surface area contributed by atoms with Gasteiger partial charge in [-0.25, -0.2) is 0 Å². The quantitative estimate of drug-likeness (QED) is 0.548. The molecular formula is C7H12O. The molecule has 0 saturated carbocycles. The van der Waals surface area contributed by atoms with E-state index in [-0.39, 0.29) is 6.61 Å². The zero-order valence-corrected chi connectivity index (χ0v) is 5.22. The number of rotatable bonds is 3. The molecule has 0 atom stereocenters. The Morgan fingerprint density at radius 1 is 1.75 bits per heavy atom. The molecule has 0 aromatic heterocycles. The Kier molecular flexibility index (Phi) is 4.27. The molecule has 8 heavy (non-hydrogen) atoms. The molecule has 0 bridgehead atoms. The molecule has 0 aliphatic rings. The van der Waals surface area contributed by atoms with Crippen LogP contribution in [0.5, 0.6) is 0 Å². The summed E-state index contributed by atoms with van der Waals surface area (Å²) < 4.78 is 0. The third kappa shape index (κ3) is 3.62. The Morgan fingerprint density at radius 2 is 2.38 bits per heavy atom. The van der Waals surface area contributed by atoms with Crippen molar-refractivity contribution >= 4 is 0 Å². The predicted molar refractivity (Wildman–Crippen MR) is 35.7 cm³/mol. The summed E-state index contributed by atoms with van der Waals surface area (Å²) >= 11 is 0. The molecule has 1 heteroatoms. The molecule has 0 fully saturated rings. The van der Waals surface area contributed by atoms with Crippen LogP contribution < -0.4 is 0 Å². The SMILES string of the molecule is C=C/C(C)=C/CCO. The topological polar surface area (TPSA) is 20.2 Å². The fourth-order valence-electron chi connectivity index (χ4n) is 0.376. The molecule has 46 valence electrons. The van der Waals surface area contributed by atoms with Crippen LogP contribution in [0, 0.1) is 0 Å². The van der Waals surface area contributed by atoms with Gasteiger partial charge in [0.25, 0.3) is 0 Å². The third-order valence-electron chi connectivity index (χ3n) is 0.917. The summed E-state index contributed by atoms with van der Waals surface area (Å²) in [6.45, 7) is 5.75. The summed E-state index contributed by atoms with van der Waals surface area (Å²) in [5.74, 6) is 0. The summed E-state index contributed by atoms with van der Waals surface area (Å²) in [6, 6.07) is 0. The van der Waals surface area contributed by atoms with E-state index in [2.05, 4.69) is 6.58 Å². The molecule has 1 N–H and O–H groups in total. The lowest BCUT2D eigenvalue weighted by Crippen LogP contribution is -1.76. The first kappa shape index (κ1) is 7.44. The molecule has 0 amide bonds. The number of allylic oxidation sites excluding steroid dienone is 2. The van der Waals surface area contributed by atoms with Crippen LogP contribution in [0.4, 0.5) is 0 Å². The van der Waals surface area contributed by atoms with Crippen molar-refractivity contribution in [3.05, 3.63) is 24.3 Å². The molecule has 0 unspecified atom stereocenters. The van der Waals surface area contributed by atoms with Gasteiger partial charge in [-0.3, -0.25) is 0 Å². The summed E-state index contributed by atoms with van der Waals surface area (Å²) in [5, 5.41) is 8.33. The van der Waals surface area contributed by atoms with Gasteiger partial charge >= 0.3 is 0 Å². The lowest BCUT2D eigenvalue weighted by atomic mass is 10.2. The van der Waals surface area contributed by atoms with Gasteiger partial charge in [0.2, 0.25) is 0 Å². The van der Waals surface area contributed by atoms with E-state index in [1.54, 1.807) is 6.08 Å². The first-order valence-corrected chi connectivity index (χ1v) is 2.71. The van der Waals surface area contributed by atoms with Crippen LogP contribution in [0.1, 0.15) is 13.3 Å². The van der Waals surface area contributed by atoms with Crippen LogP contribution in [0.25, 0.3) is 0 Å². The molecule has 0 heterocycles. The van der Waals surface area contributed by atoms with Crippen molar-refractivity contribution < 1.29 is 5.11 Å². The standard InChI is InChI=1S/C7H12O/c1-3-7(2)5-4-6-8/h3,5,8H,1,4,6H2,2H3/b7-5+. The van der Waals surface area contributed by atoms with Gasteiger partial charge in [0.15, 0.2) is 0 Å². The number of aliphatic hydroxyl groups is 1. The normalized spacial score (nSPS) is 11.5. The molecule has 0 aromatic carbocycles. The van der Waals surface area contributed by atoms with Crippen molar-refractivity contribution in [3.63, 3.8) is 0 Å². The Hall–Kier alpha value is -0.560. The molecule has 0 saturated heterocycles. The minimum atomic E-state index is 0.227. The van der Waals surface area contributed by atoms with E-state index in [1.165, 1.54) is 0 Å². The highest BCUT2D eigenvalue weighted by atomic mass is 16.2. The minimum absolute atomic E-state index is 0.227. The van der Waals surface area contributed by atoms with Gasteiger partial charge in [-0.2, -0.15) is 0 Å². The second-order valence-corrected chi connectivity index (χ2v) is 1.66. The third-order valence-corrected chi connectivity index (χ3v) is 0.917. The minimum Gasteiger partial charge on any atom is -0.396 e. The number of hydrogen-bond donors (Lipinski definition) is 1. The van der Waals surface area contributed by atoms with Gasteiger partial charge in [0, 0.05) is 6.61 Å².